The van der Waals surface area contributed by atoms with Gasteiger partial charge in [-0.25, -0.2) is 4.98 Å². The Kier molecular flexibility index (Phi) is 2.89. The fourth-order valence-electron chi connectivity index (χ4n) is 1.82. The molecule has 5 nitrogen and oxygen atoms in total. The van der Waals surface area contributed by atoms with Crippen molar-refractivity contribution in [1.29, 1.82) is 0 Å². The van der Waals surface area contributed by atoms with Crippen LogP contribution in [0.2, 0.25) is 0 Å². The van der Waals surface area contributed by atoms with Gasteiger partial charge in [0.1, 0.15) is 5.82 Å². The maximum atomic E-state index is 5.55. The monoisotopic (exact) mass is 207 g/mol. The van der Waals surface area contributed by atoms with Gasteiger partial charge < -0.3 is 15.6 Å². The predicted molar refractivity (Wildman–Crippen MR) is 59.6 cm³/mol. The van der Waals surface area contributed by atoms with E-state index in [0.717, 1.165) is 18.7 Å². The second-order valence-electron chi connectivity index (χ2n) is 3.76. The number of imidazole rings is 1. The average Bonchev–Trinajstić information content (AvgIpc) is 2.68. The van der Waals surface area contributed by atoms with Crippen LogP contribution in [-0.4, -0.2) is 22.6 Å². The second-order valence-corrected chi connectivity index (χ2v) is 3.76. The molecule has 0 atom stereocenters. The molecule has 0 radical (unpaired) electrons. The topological polar surface area (TPSA) is 68.2 Å². The number of nitrogens with one attached hydrogen (secondary N) is 1. The first-order valence-electron chi connectivity index (χ1n) is 5.30. The van der Waals surface area contributed by atoms with E-state index in [2.05, 4.69) is 26.1 Å². The van der Waals surface area contributed by atoms with Crippen molar-refractivity contribution in [2.75, 3.05) is 7.05 Å². The molecule has 82 valence electrons. The fraction of sp³-hybridized carbons (Fsp3) is 0.600. The van der Waals surface area contributed by atoms with E-state index in [1.54, 1.807) is 7.05 Å². The Bertz CT molecular complexity index is 342. The van der Waals surface area contributed by atoms with Gasteiger partial charge in [0.05, 0.1) is 12.2 Å². The van der Waals surface area contributed by atoms with Crippen molar-refractivity contribution in [1.82, 2.24) is 14.9 Å². The molecule has 0 saturated heterocycles. The highest BCUT2D eigenvalue weighted by Crippen LogP contribution is 2.14. The van der Waals surface area contributed by atoms with Crippen LogP contribution in [0.25, 0.3) is 0 Å². The van der Waals surface area contributed by atoms with Gasteiger partial charge in [-0.2, -0.15) is 0 Å². The molecule has 15 heavy (non-hydrogen) atoms. The summed E-state index contributed by atoms with van der Waals surface area (Å²) in [5, 5.41) is 3.01. The quantitative estimate of drug-likeness (QED) is 0.539. The van der Waals surface area contributed by atoms with Crippen molar-refractivity contribution in [3.8, 4) is 0 Å². The summed E-state index contributed by atoms with van der Waals surface area (Å²) in [5.41, 5.74) is 6.59. The lowest BCUT2D eigenvalue weighted by Gasteiger charge is -2.11. The number of guanidine groups is 1. The molecule has 0 unspecified atom stereocenters. The molecule has 0 aromatic carbocycles. The SMILES string of the molecule is CN=C(N)NCc1cn2c(n1)CCCC2. The smallest absolute Gasteiger partial charge is 0.188 e. The van der Waals surface area contributed by atoms with E-state index in [0.29, 0.717) is 12.5 Å². The lowest BCUT2D eigenvalue weighted by atomic mass is 10.2. The summed E-state index contributed by atoms with van der Waals surface area (Å²) in [4.78, 5) is 8.38. The maximum absolute atomic E-state index is 5.55. The van der Waals surface area contributed by atoms with Gasteiger partial charge in [0, 0.05) is 26.2 Å². The van der Waals surface area contributed by atoms with Gasteiger partial charge in [-0.15, -0.1) is 0 Å². The van der Waals surface area contributed by atoms with Gasteiger partial charge in [-0.05, 0) is 12.8 Å². The van der Waals surface area contributed by atoms with Gasteiger partial charge in [0.15, 0.2) is 5.96 Å². The van der Waals surface area contributed by atoms with Crippen molar-refractivity contribution in [3.63, 3.8) is 0 Å². The highest BCUT2D eigenvalue weighted by Gasteiger charge is 2.11. The van der Waals surface area contributed by atoms with Gasteiger partial charge in [0.25, 0.3) is 0 Å². The highest BCUT2D eigenvalue weighted by molar-refractivity contribution is 5.77. The summed E-state index contributed by atoms with van der Waals surface area (Å²) < 4.78 is 2.24. The molecule has 5 heteroatoms. The van der Waals surface area contributed by atoms with Crippen molar-refractivity contribution in [2.45, 2.75) is 32.4 Å². The highest BCUT2D eigenvalue weighted by atomic mass is 15.1. The van der Waals surface area contributed by atoms with Crippen LogP contribution in [0.4, 0.5) is 0 Å². The van der Waals surface area contributed by atoms with E-state index >= 15 is 0 Å². The van der Waals surface area contributed by atoms with Crippen LogP contribution < -0.4 is 11.1 Å². The lowest BCUT2D eigenvalue weighted by molar-refractivity contribution is 0.522. The Morgan fingerprint density at radius 2 is 2.53 bits per heavy atom. The number of nitrogens with zero attached hydrogens (tertiary/aromatic N) is 3. The molecule has 0 saturated carbocycles. The van der Waals surface area contributed by atoms with E-state index in [-0.39, 0.29) is 0 Å². The number of rotatable bonds is 2. The predicted octanol–water partition coefficient (Wildman–Crippen LogP) is 0.253. The fourth-order valence-corrected chi connectivity index (χ4v) is 1.82. The Balaban J connectivity index is 2.00. The third-order valence-corrected chi connectivity index (χ3v) is 2.65. The van der Waals surface area contributed by atoms with Crippen LogP contribution >= 0.6 is 0 Å². The van der Waals surface area contributed by atoms with Crippen LogP contribution in [0, 0.1) is 0 Å². The molecule has 0 amide bonds. The molecule has 0 spiro atoms. The zero-order valence-electron chi connectivity index (χ0n) is 9.03. The maximum Gasteiger partial charge on any atom is 0.188 e. The Labute approximate surface area is 89.4 Å². The molecule has 0 bridgehead atoms. The molecule has 1 aromatic heterocycles. The number of nitrogens with two attached hydrogens (primary N) is 1. The van der Waals surface area contributed by atoms with Gasteiger partial charge >= 0.3 is 0 Å². The van der Waals surface area contributed by atoms with E-state index < -0.39 is 0 Å². The van der Waals surface area contributed by atoms with Gasteiger partial charge in [-0.1, -0.05) is 0 Å². The number of aliphatic imine (C=N–C) groups is 1. The molecule has 0 fully saturated rings. The van der Waals surface area contributed by atoms with E-state index in [4.69, 9.17) is 5.73 Å². The van der Waals surface area contributed by atoms with E-state index in [1.807, 2.05) is 0 Å². The van der Waals surface area contributed by atoms with Crippen molar-refractivity contribution in [2.24, 2.45) is 10.7 Å². The first kappa shape index (κ1) is 10.0. The molecule has 0 aliphatic carbocycles. The van der Waals surface area contributed by atoms with Gasteiger partial charge in [0.2, 0.25) is 0 Å². The van der Waals surface area contributed by atoms with E-state index in [9.17, 15) is 0 Å². The Morgan fingerprint density at radius 1 is 1.67 bits per heavy atom. The molecular weight excluding hydrogens is 190 g/mol. The summed E-state index contributed by atoms with van der Waals surface area (Å²) >= 11 is 0. The summed E-state index contributed by atoms with van der Waals surface area (Å²) in [6.45, 7) is 1.75. The minimum Gasteiger partial charge on any atom is -0.370 e. The number of aromatic nitrogens is 2. The van der Waals surface area contributed by atoms with Crippen molar-refractivity contribution >= 4 is 5.96 Å². The third kappa shape index (κ3) is 2.29. The van der Waals surface area contributed by atoms with Crippen LogP contribution in [0.3, 0.4) is 0 Å². The lowest BCUT2D eigenvalue weighted by Crippen LogP contribution is -2.30. The normalized spacial score (nSPS) is 16.2. The summed E-state index contributed by atoms with van der Waals surface area (Å²) in [6.07, 6.45) is 5.71. The number of aryl methyl sites for hydroxylation is 2. The first-order valence-corrected chi connectivity index (χ1v) is 5.30. The third-order valence-electron chi connectivity index (χ3n) is 2.65. The first-order chi connectivity index (χ1) is 7.29. The summed E-state index contributed by atoms with van der Waals surface area (Å²) in [6, 6.07) is 0. The average molecular weight is 207 g/mol. The Hall–Kier alpha value is -1.52. The minimum absolute atomic E-state index is 0.459. The molecule has 3 N–H and O–H groups in total. The van der Waals surface area contributed by atoms with Crippen LogP contribution in [0.15, 0.2) is 11.2 Å². The second kappa shape index (κ2) is 4.33. The largest absolute Gasteiger partial charge is 0.370 e. The molecule has 1 aromatic rings. The number of fused-ring (bicyclic) bond motifs is 1. The zero-order valence-corrected chi connectivity index (χ0v) is 9.03. The number of hydrogen-bond donors (Lipinski definition) is 2. The summed E-state index contributed by atoms with van der Waals surface area (Å²) in [7, 11) is 1.67. The van der Waals surface area contributed by atoms with Crippen LogP contribution in [0.5, 0.6) is 0 Å². The van der Waals surface area contributed by atoms with Crippen LogP contribution in [-0.2, 0) is 19.5 Å². The van der Waals surface area contributed by atoms with Crippen molar-refractivity contribution in [3.05, 3.63) is 17.7 Å². The zero-order chi connectivity index (χ0) is 10.7. The number of hydrogen-bond acceptors (Lipinski definition) is 2. The Morgan fingerprint density at radius 3 is 3.27 bits per heavy atom. The minimum atomic E-state index is 0.459. The summed E-state index contributed by atoms with van der Waals surface area (Å²) in [5.74, 6) is 1.66. The van der Waals surface area contributed by atoms with Crippen molar-refractivity contribution < 1.29 is 0 Å². The molecular formula is C10H17N5. The standard InChI is InChI=1S/C10H17N5/c1-12-10(11)13-6-8-7-15-5-3-2-4-9(15)14-8/h7H,2-6H2,1H3,(H3,11,12,13). The molecule has 1 aliphatic rings. The van der Waals surface area contributed by atoms with E-state index in [1.165, 1.54) is 18.7 Å². The molecule has 2 heterocycles. The van der Waals surface area contributed by atoms with Crippen LogP contribution in [0.1, 0.15) is 24.4 Å². The molecule has 1 aliphatic heterocycles. The molecule has 2 rings (SSSR count). The van der Waals surface area contributed by atoms with Gasteiger partial charge in [-0.3, -0.25) is 4.99 Å².